The highest BCUT2D eigenvalue weighted by Gasteiger charge is 2.11. The maximum atomic E-state index is 14.3. The van der Waals surface area contributed by atoms with Gasteiger partial charge < -0.3 is 19.8 Å². The Morgan fingerprint density at radius 1 is 1.18 bits per heavy atom. The Labute approximate surface area is 254 Å². The van der Waals surface area contributed by atoms with Crippen molar-refractivity contribution in [3.05, 3.63) is 101 Å². The molecular formula is C29H26ClFN4O4S. The van der Waals surface area contributed by atoms with Crippen molar-refractivity contribution in [2.75, 3.05) is 23.7 Å². The summed E-state index contributed by atoms with van der Waals surface area (Å²) in [5.41, 5.74) is -3.39. The van der Waals surface area contributed by atoms with Gasteiger partial charge in [-0.3, -0.25) is 0 Å². The van der Waals surface area contributed by atoms with E-state index in [0.717, 1.165) is 0 Å². The largest absolute Gasteiger partial charge is 0.487 e. The van der Waals surface area contributed by atoms with E-state index in [0.29, 0.717) is 22.2 Å². The van der Waals surface area contributed by atoms with Crippen LogP contribution < -0.4 is 15.4 Å². The zero-order valence-corrected chi connectivity index (χ0v) is 21.7. The number of rotatable bonds is 11. The molecule has 0 saturated heterocycles. The van der Waals surface area contributed by atoms with Crippen LogP contribution in [0.1, 0.15) is 29.1 Å². The number of ether oxygens (including phenoxy) is 1. The fraction of sp³-hybridized carbons (Fsp3) is 0.172. The van der Waals surface area contributed by atoms with Gasteiger partial charge in [0.15, 0.2) is 0 Å². The van der Waals surface area contributed by atoms with E-state index in [2.05, 4.69) is 20.6 Å². The predicted octanol–water partition coefficient (Wildman–Crippen LogP) is 6.14. The number of anilines is 2. The third-order valence-corrected chi connectivity index (χ3v) is 5.84. The molecule has 0 aliphatic rings. The van der Waals surface area contributed by atoms with Crippen LogP contribution in [0.25, 0.3) is 22.2 Å². The van der Waals surface area contributed by atoms with Crippen molar-refractivity contribution in [1.82, 2.24) is 15.3 Å². The van der Waals surface area contributed by atoms with Crippen molar-refractivity contribution in [1.29, 1.82) is 0 Å². The predicted molar refractivity (Wildman–Crippen MR) is 154 cm³/mol. The maximum Gasteiger partial charge on any atom is 0.148 e. The van der Waals surface area contributed by atoms with Crippen LogP contribution in [-0.2, 0) is 22.9 Å². The molecule has 2 aromatic heterocycles. The number of hydrogen-bond donors (Lipinski definition) is 2. The van der Waals surface area contributed by atoms with Crippen LogP contribution in [0, 0.1) is 5.82 Å². The van der Waals surface area contributed by atoms with E-state index >= 15 is 0 Å². The SMILES string of the molecule is [2H]c1c([2H])c(F)c([2H])c(C([2H])([2H])Oc2ccc(Nc3ncnc4ccc(-c5ccc(CNC([2H])([2H])C([2H])([2H])S(=O)(=O)C([2H])([2H])[2H])o5)cc34)cc2Cl)c1[2H]. The number of furan rings is 1. The molecule has 0 aliphatic carbocycles. The van der Waals surface area contributed by atoms with Crippen LogP contribution >= 0.6 is 11.6 Å². The zero-order chi connectivity index (χ0) is 39.5. The minimum atomic E-state index is -5.57. The highest BCUT2D eigenvalue weighted by atomic mass is 35.5. The van der Waals surface area contributed by atoms with Gasteiger partial charge in [-0.25, -0.2) is 22.8 Å². The molecule has 8 nitrogen and oxygen atoms in total. The van der Waals surface area contributed by atoms with Crippen molar-refractivity contribution < 1.29 is 39.8 Å². The van der Waals surface area contributed by atoms with Crippen LogP contribution in [0.15, 0.2) is 83.4 Å². The van der Waals surface area contributed by atoms with Crippen LogP contribution in [0.4, 0.5) is 15.9 Å². The molecule has 3 aromatic carbocycles. The summed E-state index contributed by atoms with van der Waals surface area (Å²) in [5.74, 6) is -1.12. The summed E-state index contributed by atoms with van der Waals surface area (Å²) in [6.45, 7) is -6.83. The molecule has 0 unspecified atom stereocenters. The van der Waals surface area contributed by atoms with Gasteiger partial charge in [-0.1, -0.05) is 23.7 Å². The second-order valence-electron chi connectivity index (χ2n) is 7.97. The van der Waals surface area contributed by atoms with E-state index in [4.69, 9.17) is 38.6 Å². The molecule has 0 bridgehead atoms. The van der Waals surface area contributed by atoms with E-state index in [1.165, 1.54) is 36.7 Å². The first kappa shape index (κ1) is 15.7. The number of halogens is 2. The van der Waals surface area contributed by atoms with E-state index in [-0.39, 0.29) is 28.1 Å². The summed E-state index contributed by atoms with van der Waals surface area (Å²) in [4.78, 5) is 8.52. The van der Waals surface area contributed by atoms with Crippen LogP contribution in [0.2, 0.25) is 5.02 Å². The molecule has 0 fully saturated rings. The third kappa shape index (κ3) is 7.15. The standard InChI is InChI=1S/C29H26ClFN4O4S/c1-40(36,37)12-11-32-16-23-7-10-27(39-23)20-5-8-26-24(14-20)29(34-18-33-26)35-22-6-9-28(25(30)15-22)38-17-19-3-2-4-21(31)13-19/h2-10,13-15,18,32H,11-12,16-17H2,1H3,(H,33,34,35)/i1D3,2D,3D,4D,11D2,12D2,13D,17D2. The van der Waals surface area contributed by atoms with Crippen molar-refractivity contribution >= 4 is 43.8 Å². The first-order valence-electron chi connectivity index (χ1n) is 17.7. The fourth-order valence-corrected chi connectivity index (χ4v) is 3.87. The van der Waals surface area contributed by atoms with Gasteiger partial charge in [0.2, 0.25) is 0 Å². The Bertz CT molecular complexity index is 2310. The molecule has 206 valence electrons. The Kier molecular flexibility index (Phi) is 4.73. The zero-order valence-electron chi connectivity index (χ0n) is 33.1. The molecule has 0 aliphatic heterocycles. The maximum absolute atomic E-state index is 14.3. The smallest absolute Gasteiger partial charge is 0.148 e. The molecule has 11 heteroatoms. The van der Waals surface area contributed by atoms with Gasteiger partial charge in [0, 0.05) is 38.9 Å². The van der Waals surface area contributed by atoms with Gasteiger partial charge in [0.25, 0.3) is 0 Å². The third-order valence-electron chi connectivity index (χ3n) is 5.17. The van der Waals surface area contributed by atoms with Crippen LogP contribution in [0.3, 0.4) is 0 Å². The highest BCUT2D eigenvalue weighted by molar-refractivity contribution is 7.90. The van der Waals surface area contributed by atoms with Crippen LogP contribution in [0.5, 0.6) is 5.75 Å². The van der Waals surface area contributed by atoms with Gasteiger partial charge >= 0.3 is 0 Å². The molecule has 0 atom stereocenters. The number of fused-ring (bicyclic) bond motifs is 1. The summed E-state index contributed by atoms with van der Waals surface area (Å²) < 4.78 is 150. The molecule has 0 saturated carbocycles. The number of nitrogens with zero attached hydrogens (tertiary/aromatic N) is 2. The normalized spacial score (nSPS) is 17.7. The van der Waals surface area contributed by atoms with Crippen molar-refractivity contribution in [2.24, 2.45) is 0 Å². The average Bonchev–Trinajstić information content (AvgIpc) is 3.55. The molecular weight excluding hydrogens is 555 g/mol. The lowest BCUT2D eigenvalue weighted by Gasteiger charge is -2.12. The number of hydrogen-bond acceptors (Lipinski definition) is 8. The minimum absolute atomic E-state index is 0.0617. The molecule has 5 aromatic rings. The van der Waals surface area contributed by atoms with Crippen molar-refractivity contribution in [3.63, 3.8) is 0 Å². The molecule has 2 N–H and O–H groups in total. The quantitative estimate of drug-likeness (QED) is 0.188. The summed E-state index contributed by atoms with van der Waals surface area (Å²) in [5, 5.41) is 5.49. The van der Waals surface area contributed by atoms with Crippen LogP contribution in [-0.4, -0.2) is 36.8 Å². The van der Waals surface area contributed by atoms with E-state index in [1.54, 1.807) is 18.2 Å². The summed E-state index contributed by atoms with van der Waals surface area (Å²) in [7, 11) is -5.57. The number of sulfone groups is 1. The van der Waals surface area contributed by atoms with E-state index in [1.807, 2.05) is 0 Å². The fourth-order valence-electron chi connectivity index (χ4n) is 3.45. The lowest BCUT2D eigenvalue weighted by Crippen LogP contribution is -2.21. The van der Waals surface area contributed by atoms with Gasteiger partial charge in [-0.15, -0.1) is 0 Å². The lowest BCUT2D eigenvalue weighted by molar-refractivity contribution is 0.306. The molecule has 2 heterocycles. The molecule has 40 heavy (non-hydrogen) atoms. The number of benzene rings is 3. The van der Waals surface area contributed by atoms with Gasteiger partial charge in [-0.05, 0) is 66.2 Å². The average molecular weight is 594 g/mol. The minimum Gasteiger partial charge on any atom is -0.487 e. The first-order chi connectivity index (χ1) is 24.4. The molecule has 0 spiro atoms. The summed E-state index contributed by atoms with van der Waals surface area (Å²) >= 11 is 6.39. The monoisotopic (exact) mass is 593 g/mol. The topological polar surface area (TPSA) is 106 Å². The Morgan fingerprint density at radius 2 is 2.08 bits per heavy atom. The number of aromatic nitrogens is 2. The Hall–Kier alpha value is -3.99. The lowest BCUT2D eigenvalue weighted by atomic mass is 10.1. The van der Waals surface area contributed by atoms with Gasteiger partial charge in [0.1, 0.15) is 51.6 Å². The molecule has 0 amide bonds. The van der Waals surface area contributed by atoms with Gasteiger partial charge in [-0.2, -0.15) is 0 Å². The molecule has 5 rings (SSSR count). The van der Waals surface area contributed by atoms with Crippen molar-refractivity contribution in [2.45, 2.75) is 13.1 Å². The summed E-state index contributed by atoms with van der Waals surface area (Å²) in [6, 6.07) is 8.06. The van der Waals surface area contributed by atoms with Gasteiger partial charge in [0.05, 0.1) is 31.0 Å². The van der Waals surface area contributed by atoms with E-state index < -0.39 is 76.9 Å². The number of nitrogens with one attached hydrogen (secondary N) is 2. The molecule has 0 radical (unpaired) electrons. The Balaban J connectivity index is 1.35. The van der Waals surface area contributed by atoms with Crippen molar-refractivity contribution in [3.8, 4) is 17.1 Å². The summed E-state index contributed by atoms with van der Waals surface area (Å²) in [6.07, 6.45) is -2.51. The Morgan fingerprint density at radius 3 is 2.92 bits per heavy atom. The van der Waals surface area contributed by atoms with E-state index in [9.17, 15) is 12.8 Å². The second kappa shape index (κ2) is 12.0. The first-order valence-corrected chi connectivity index (χ1v) is 13.1. The second-order valence-corrected chi connectivity index (χ2v) is 9.59. The highest BCUT2D eigenvalue weighted by Crippen LogP contribution is 2.32.